The molecule has 21 heavy (non-hydrogen) atoms. The van der Waals surface area contributed by atoms with Crippen molar-refractivity contribution in [2.45, 2.75) is 58.9 Å². The van der Waals surface area contributed by atoms with E-state index in [1.165, 1.54) is 19.3 Å². The third-order valence-electron chi connectivity index (χ3n) is 5.17. The summed E-state index contributed by atoms with van der Waals surface area (Å²) in [5.74, 6) is 0.875. The van der Waals surface area contributed by atoms with E-state index in [2.05, 4.69) is 48.7 Å². The molecule has 0 unspecified atom stereocenters. The Bertz CT molecular complexity index is 490. The maximum absolute atomic E-state index is 12.3. The molecule has 1 aliphatic rings. The zero-order valence-corrected chi connectivity index (χ0v) is 15.4. The topological polar surface area (TPSA) is 29.1 Å². The molecule has 0 saturated heterocycles. The smallest absolute Gasteiger partial charge is 0.251 e. The lowest BCUT2D eigenvalue weighted by Crippen LogP contribution is -2.39. The second-order valence-electron chi connectivity index (χ2n) is 6.87. The molecule has 0 aromatic heterocycles. The molecular weight excluding hydrogens is 373 g/mol. The summed E-state index contributed by atoms with van der Waals surface area (Å²) in [5.41, 5.74) is 1.21. The Labute approximate surface area is 142 Å². The fraction of sp³-hybridized carbons (Fsp3) is 0.611. The Balaban J connectivity index is 1.88. The summed E-state index contributed by atoms with van der Waals surface area (Å²) in [7, 11) is 0. The van der Waals surface area contributed by atoms with Crippen molar-refractivity contribution in [1.82, 2.24) is 5.32 Å². The number of rotatable bonds is 4. The Morgan fingerprint density at radius 2 is 1.95 bits per heavy atom. The molecule has 116 valence electrons. The van der Waals surface area contributed by atoms with Gasteiger partial charge < -0.3 is 5.32 Å². The van der Waals surface area contributed by atoms with E-state index < -0.39 is 0 Å². The number of halogens is 1. The van der Waals surface area contributed by atoms with Crippen molar-refractivity contribution in [3.05, 3.63) is 33.4 Å². The van der Waals surface area contributed by atoms with Crippen molar-refractivity contribution >= 4 is 28.5 Å². The van der Waals surface area contributed by atoms with Gasteiger partial charge in [0.25, 0.3) is 5.91 Å². The summed E-state index contributed by atoms with van der Waals surface area (Å²) < 4.78 is 1.11. The highest BCUT2D eigenvalue weighted by Crippen LogP contribution is 2.40. The predicted molar refractivity (Wildman–Crippen MR) is 96.4 cm³/mol. The fourth-order valence-corrected chi connectivity index (χ4v) is 3.75. The largest absolute Gasteiger partial charge is 0.349 e. The van der Waals surface area contributed by atoms with E-state index >= 15 is 0 Å². The van der Waals surface area contributed by atoms with Crippen molar-refractivity contribution < 1.29 is 4.79 Å². The van der Waals surface area contributed by atoms with E-state index in [4.69, 9.17) is 0 Å². The monoisotopic (exact) mass is 399 g/mol. The summed E-state index contributed by atoms with van der Waals surface area (Å²) in [4.78, 5) is 12.3. The first-order valence-corrected chi connectivity index (χ1v) is 9.06. The zero-order valence-electron chi connectivity index (χ0n) is 13.3. The van der Waals surface area contributed by atoms with Gasteiger partial charge in [0.2, 0.25) is 0 Å². The van der Waals surface area contributed by atoms with Crippen LogP contribution in [0.1, 0.15) is 63.2 Å². The molecule has 1 amide bonds. The highest BCUT2D eigenvalue weighted by Gasteiger charge is 2.32. The van der Waals surface area contributed by atoms with E-state index in [1.807, 2.05) is 24.3 Å². The summed E-state index contributed by atoms with van der Waals surface area (Å²) in [6, 6.07) is 8.14. The Morgan fingerprint density at radius 3 is 2.52 bits per heavy atom. The lowest BCUT2D eigenvalue weighted by Gasteiger charge is -2.39. The van der Waals surface area contributed by atoms with Crippen LogP contribution in [0.2, 0.25) is 0 Å². The first-order chi connectivity index (χ1) is 9.92. The molecule has 0 spiro atoms. The number of nitrogens with one attached hydrogen (secondary N) is 1. The molecule has 1 saturated carbocycles. The lowest BCUT2D eigenvalue weighted by atomic mass is 9.69. The maximum atomic E-state index is 12.3. The van der Waals surface area contributed by atoms with E-state index in [1.54, 1.807) is 0 Å². The minimum Gasteiger partial charge on any atom is -0.349 e. The van der Waals surface area contributed by atoms with Gasteiger partial charge in [0.1, 0.15) is 0 Å². The lowest BCUT2D eigenvalue weighted by molar-refractivity contribution is 0.0893. The molecule has 0 radical (unpaired) electrons. The molecule has 1 aromatic rings. The van der Waals surface area contributed by atoms with Gasteiger partial charge in [-0.15, -0.1) is 0 Å². The molecule has 1 aliphatic carbocycles. The summed E-state index contributed by atoms with van der Waals surface area (Å²) in [6.07, 6.45) is 5.93. The summed E-state index contributed by atoms with van der Waals surface area (Å²) in [6.45, 7) is 7.04. The van der Waals surface area contributed by atoms with Crippen LogP contribution < -0.4 is 5.32 Å². The van der Waals surface area contributed by atoms with Gasteiger partial charge >= 0.3 is 0 Å². The fourth-order valence-electron chi connectivity index (χ4n) is 3.21. The van der Waals surface area contributed by atoms with Gasteiger partial charge in [0, 0.05) is 15.2 Å². The van der Waals surface area contributed by atoms with Gasteiger partial charge in [-0.05, 0) is 77.8 Å². The van der Waals surface area contributed by atoms with Gasteiger partial charge in [-0.3, -0.25) is 4.79 Å². The summed E-state index contributed by atoms with van der Waals surface area (Å²) in [5, 5.41) is 3.21. The van der Waals surface area contributed by atoms with Crippen molar-refractivity contribution in [3.8, 4) is 0 Å². The van der Waals surface area contributed by atoms with Gasteiger partial charge in [-0.1, -0.05) is 33.3 Å². The molecule has 0 aliphatic heterocycles. The van der Waals surface area contributed by atoms with Crippen molar-refractivity contribution in [2.24, 2.45) is 11.3 Å². The van der Waals surface area contributed by atoms with Crippen LogP contribution in [0.15, 0.2) is 24.3 Å². The van der Waals surface area contributed by atoms with E-state index in [0.717, 1.165) is 27.9 Å². The third-order valence-corrected chi connectivity index (χ3v) is 5.84. The molecule has 1 aromatic carbocycles. The SMILES string of the molecule is CCC(C)(C)C1CCC(NC(=O)c2cccc(I)c2)CC1. The average Bonchev–Trinajstić information content (AvgIpc) is 2.48. The van der Waals surface area contributed by atoms with Gasteiger partial charge in [0.05, 0.1) is 0 Å². The number of carbonyl (C=O) groups excluding carboxylic acids is 1. The van der Waals surface area contributed by atoms with Gasteiger partial charge in [-0.25, -0.2) is 0 Å². The van der Waals surface area contributed by atoms with Crippen LogP contribution in [-0.2, 0) is 0 Å². The molecule has 2 nitrogen and oxygen atoms in total. The molecule has 0 atom stereocenters. The standard InChI is InChI=1S/C18H26INO/c1-4-18(2,3)14-8-10-16(11-9-14)20-17(21)13-6-5-7-15(19)12-13/h5-7,12,14,16H,4,8-11H2,1-3H3,(H,20,21). The zero-order chi connectivity index (χ0) is 15.5. The number of carbonyl (C=O) groups is 1. The molecule has 1 fully saturated rings. The number of amides is 1. The van der Waals surface area contributed by atoms with Crippen LogP contribution in [0.25, 0.3) is 0 Å². The van der Waals surface area contributed by atoms with Crippen LogP contribution in [0.4, 0.5) is 0 Å². The first kappa shape index (κ1) is 16.8. The van der Waals surface area contributed by atoms with Crippen molar-refractivity contribution in [2.75, 3.05) is 0 Å². The molecule has 0 heterocycles. The average molecular weight is 399 g/mol. The van der Waals surface area contributed by atoms with Crippen LogP contribution >= 0.6 is 22.6 Å². The van der Waals surface area contributed by atoms with Gasteiger partial charge in [0.15, 0.2) is 0 Å². The number of benzene rings is 1. The van der Waals surface area contributed by atoms with Crippen LogP contribution in [0, 0.1) is 14.9 Å². The molecule has 0 bridgehead atoms. The van der Waals surface area contributed by atoms with E-state index in [-0.39, 0.29) is 5.91 Å². The molecule has 1 N–H and O–H groups in total. The minimum atomic E-state index is 0.0757. The highest BCUT2D eigenvalue weighted by molar-refractivity contribution is 14.1. The second kappa shape index (κ2) is 7.12. The van der Waals surface area contributed by atoms with Crippen LogP contribution in [0.5, 0.6) is 0 Å². The van der Waals surface area contributed by atoms with E-state index in [9.17, 15) is 4.79 Å². The minimum absolute atomic E-state index is 0.0757. The maximum Gasteiger partial charge on any atom is 0.251 e. The molecule has 3 heteroatoms. The first-order valence-electron chi connectivity index (χ1n) is 7.99. The Morgan fingerprint density at radius 1 is 1.29 bits per heavy atom. The molecular formula is C18H26INO. The highest BCUT2D eigenvalue weighted by atomic mass is 127. The van der Waals surface area contributed by atoms with E-state index in [0.29, 0.717) is 11.5 Å². The Hall–Kier alpha value is -0.580. The normalized spacial score (nSPS) is 22.9. The quantitative estimate of drug-likeness (QED) is 0.709. The predicted octanol–water partition coefficient (Wildman–Crippen LogP) is 5.02. The van der Waals surface area contributed by atoms with Crippen LogP contribution in [0.3, 0.4) is 0 Å². The third kappa shape index (κ3) is 4.44. The number of hydrogen-bond donors (Lipinski definition) is 1. The number of hydrogen-bond acceptors (Lipinski definition) is 1. The van der Waals surface area contributed by atoms with Crippen LogP contribution in [-0.4, -0.2) is 11.9 Å². The Kier molecular flexibility index (Phi) is 5.69. The van der Waals surface area contributed by atoms with Crippen molar-refractivity contribution in [3.63, 3.8) is 0 Å². The van der Waals surface area contributed by atoms with Gasteiger partial charge in [-0.2, -0.15) is 0 Å². The second-order valence-corrected chi connectivity index (χ2v) is 8.12. The van der Waals surface area contributed by atoms with Crippen molar-refractivity contribution in [1.29, 1.82) is 0 Å². The molecule has 2 rings (SSSR count). The summed E-state index contributed by atoms with van der Waals surface area (Å²) >= 11 is 2.25.